The zero-order valence-electron chi connectivity index (χ0n) is 12.9. The second-order valence-electron chi connectivity index (χ2n) is 6.47. The summed E-state index contributed by atoms with van der Waals surface area (Å²) in [7, 11) is 0. The highest BCUT2D eigenvalue weighted by Crippen LogP contribution is 2.23. The minimum Gasteiger partial charge on any atom is -0.393 e. The Hall–Kier alpha value is -0.770. The highest BCUT2D eigenvalue weighted by Gasteiger charge is 2.29. The molecule has 20 heavy (non-hydrogen) atoms. The smallest absolute Gasteiger partial charge is 0.320 e. The predicted octanol–water partition coefficient (Wildman–Crippen LogP) is 3.00. The first kappa shape index (κ1) is 15.6. The molecule has 2 heterocycles. The summed E-state index contributed by atoms with van der Waals surface area (Å²) >= 11 is 0. The van der Waals surface area contributed by atoms with Crippen LogP contribution >= 0.6 is 0 Å². The molecule has 0 aliphatic carbocycles. The molecule has 2 amide bonds. The molecule has 1 N–H and O–H groups in total. The van der Waals surface area contributed by atoms with Gasteiger partial charge in [0.25, 0.3) is 0 Å². The molecular formula is C16H30N2O2. The van der Waals surface area contributed by atoms with Crippen LogP contribution in [0, 0.1) is 0 Å². The lowest BCUT2D eigenvalue weighted by Crippen LogP contribution is -2.49. The Morgan fingerprint density at radius 3 is 2.30 bits per heavy atom. The van der Waals surface area contributed by atoms with Crippen LogP contribution in [0.3, 0.4) is 0 Å². The number of aliphatic hydroxyl groups is 1. The number of carbonyl (C=O) groups is 1. The standard InChI is InChI=1S/C16H30N2O2/c1-14(19)13-15-9-5-4-8-12-18(15)16(20)17-10-6-2-3-7-11-17/h14-15,19H,2-13H2,1H3. The predicted molar refractivity (Wildman–Crippen MR) is 80.7 cm³/mol. The van der Waals surface area contributed by atoms with Crippen molar-refractivity contribution in [1.29, 1.82) is 0 Å². The molecule has 2 aliphatic rings. The lowest BCUT2D eigenvalue weighted by molar-refractivity contribution is 0.103. The van der Waals surface area contributed by atoms with Gasteiger partial charge in [0.1, 0.15) is 0 Å². The number of rotatable bonds is 2. The van der Waals surface area contributed by atoms with Crippen molar-refractivity contribution in [1.82, 2.24) is 9.80 Å². The molecule has 2 fully saturated rings. The Labute approximate surface area is 123 Å². The van der Waals surface area contributed by atoms with Crippen LogP contribution < -0.4 is 0 Å². The summed E-state index contributed by atoms with van der Waals surface area (Å²) in [6, 6.07) is 0.452. The SMILES string of the molecule is CC(O)CC1CCCCCN1C(=O)N1CCCCCC1. The van der Waals surface area contributed by atoms with Crippen LogP contribution in [0.5, 0.6) is 0 Å². The summed E-state index contributed by atoms with van der Waals surface area (Å²) in [5.74, 6) is 0. The zero-order valence-corrected chi connectivity index (χ0v) is 12.9. The van der Waals surface area contributed by atoms with Gasteiger partial charge in [-0.05, 0) is 39.0 Å². The van der Waals surface area contributed by atoms with Crippen molar-refractivity contribution in [2.75, 3.05) is 19.6 Å². The maximum Gasteiger partial charge on any atom is 0.320 e. The van der Waals surface area contributed by atoms with E-state index in [0.29, 0.717) is 0 Å². The third-order valence-electron chi connectivity index (χ3n) is 4.61. The molecule has 0 saturated carbocycles. The number of hydrogen-bond donors (Lipinski definition) is 1. The van der Waals surface area contributed by atoms with Gasteiger partial charge in [0.2, 0.25) is 0 Å². The first-order valence-corrected chi connectivity index (χ1v) is 8.42. The van der Waals surface area contributed by atoms with E-state index in [9.17, 15) is 9.90 Å². The number of nitrogens with zero attached hydrogens (tertiary/aromatic N) is 2. The van der Waals surface area contributed by atoms with Crippen LogP contribution in [0.15, 0.2) is 0 Å². The molecule has 2 rings (SSSR count). The molecule has 0 aromatic rings. The molecule has 116 valence electrons. The average Bonchev–Trinajstić information content (AvgIpc) is 2.79. The Balaban J connectivity index is 2.02. The van der Waals surface area contributed by atoms with Gasteiger partial charge in [0, 0.05) is 25.7 Å². The van der Waals surface area contributed by atoms with Gasteiger partial charge < -0.3 is 14.9 Å². The van der Waals surface area contributed by atoms with Crippen LogP contribution in [0.25, 0.3) is 0 Å². The van der Waals surface area contributed by atoms with Gasteiger partial charge in [-0.2, -0.15) is 0 Å². The topological polar surface area (TPSA) is 43.8 Å². The molecule has 0 radical (unpaired) electrons. The number of aliphatic hydroxyl groups excluding tert-OH is 1. The van der Waals surface area contributed by atoms with Crippen molar-refractivity contribution in [2.24, 2.45) is 0 Å². The average molecular weight is 282 g/mol. The van der Waals surface area contributed by atoms with Crippen LogP contribution in [-0.2, 0) is 0 Å². The highest BCUT2D eigenvalue weighted by atomic mass is 16.3. The van der Waals surface area contributed by atoms with E-state index in [1.54, 1.807) is 0 Å². The Bertz CT molecular complexity index is 299. The number of likely N-dealkylation sites (tertiary alicyclic amines) is 2. The number of carbonyl (C=O) groups excluding carboxylic acids is 1. The third kappa shape index (κ3) is 4.37. The highest BCUT2D eigenvalue weighted by molar-refractivity contribution is 5.75. The van der Waals surface area contributed by atoms with E-state index in [1.807, 2.05) is 11.8 Å². The lowest BCUT2D eigenvalue weighted by Gasteiger charge is -2.35. The number of urea groups is 1. The maximum absolute atomic E-state index is 12.8. The second kappa shape index (κ2) is 7.87. The van der Waals surface area contributed by atoms with Crippen molar-refractivity contribution >= 4 is 6.03 Å². The van der Waals surface area contributed by atoms with Gasteiger partial charge in [0.15, 0.2) is 0 Å². The third-order valence-corrected chi connectivity index (χ3v) is 4.61. The van der Waals surface area contributed by atoms with Crippen molar-refractivity contribution < 1.29 is 9.90 Å². The van der Waals surface area contributed by atoms with E-state index < -0.39 is 0 Å². The Kier molecular flexibility index (Phi) is 6.14. The van der Waals surface area contributed by atoms with Gasteiger partial charge >= 0.3 is 6.03 Å². The molecule has 2 unspecified atom stereocenters. The largest absolute Gasteiger partial charge is 0.393 e. The molecule has 2 saturated heterocycles. The summed E-state index contributed by atoms with van der Waals surface area (Å²) in [6.07, 6.45) is 9.72. The van der Waals surface area contributed by atoms with Gasteiger partial charge in [-0.1, -0.05) is 25.7 Å². The normalized spacial score (nSPS) is 26.8. The molecule has 2 aliphatic heterocycles. The fourth-order valence-corrected chi connectivity index (χ4v) is 3.51. The van der Waals surface area contributed by atoms with E-state index in [2.05, 4.69) is 4.90 Å². The van der Waals surface area contributed by atoms with Crippen LogP contribution in [0.1, 0.15) is 64.7 Å². The van der Waals surface area contributed by atoms with Crippen molar-refractivity contribution in [2.45, 2.75) is 76.9 Å². The lowest BCUT2D eigenvalue weighted by atomic mass is 10.0. The molecule has 0 aromatic heterocycles. The van der Waals surface area contributed by atoms with Gasteiger partial charge in [0.05, 0.1) is 6.10 Å². The van der Waals surface area contributed by atoms with Crippen LogP contribution in [-0.4, -0.2) is 52.7 Å². The molecule has 0 aromatic carbocycles. The summed E-state index contributed by atoms with van der Waals surface area (Å²) in [5, 5.41) is 9.70. The van der Waals surface area contributed by atoms with E-state index in [4.69, 9.17) is 0 Å². The van der Waals surface area contributed by atoms with Crippen molar-refractivity contribution in [3.63, 3.8) is 0 Å². The number of amides is 2. The van der Waals surface area contributed by atoms with E-state index in [1.165, 1.54) is 25.7 Å². The molecule has 2 atom stereocenters. The van der Waals surface area contributed by atoms with Crippen LogP contribution in [0.4, 0.5) is 4.79 Å². The van der Waals surface area contributed by atoms with Crippen LogP contribution in [0.2, 0.25) is 0 Å². The van der Waals surface area contributed by atoms with Gasteiger partial charge in [-0.3, -0.25) is 0 Å². The fraction of sp³-hybridized carbons (Fsp3) is 0.938. The van der Waals surface area contributed by atoms with Gasteiger partial charge in [-0.15, -0.1) is 0 Å². The summed E-state index contributed by atoms with van der Waals surface area (Å²) in [4.78, 5) is 16.9. The van der Waals surface area contributed by atoms with E-state index >= 15 is 0 Å². The minimum absolute atomic E-state index is 0.222. The monoisotopic (exact) mass is 282 g/mol. The Morgan fingerprint density at radius 2 is 1.65 bits per heavy atom. The zero-order chi connectivity index (χ0) is 14.4. The first-order valence-electron chi connectivity index (χ1n) is 8.42. The minimum atomic E-state index is -0.322. The molecule has 4 heteroatoms. The second-order valence-corrected chi connectivity index (χ2v) is 6.47. The van der Waals surface area contributed by atoms with E-state index in [-0.39, 0.29) is 18.2 Å². The van der Waals surface area contributed by atoms with Crippen molar-refractivity contribution in [3.05, 3.63) is 0 Å². The first-order chi connectivity index (χ1) is 9.68. The molecule has 4 nitrogen and oxygen atoms in total. The van der Waals surface area contributed by atoms with Gasteiger partial charge in [-0.25, -0.2) is 4.79 Å². The molecule has 0 spiro atoms. The number of hydrogen-bond acceptors (Lipinski definition) is 2. The van der Waals surface area contributed by atoms with Crippen molar-refractivity contribution in [3.8, 4) is 0 Å². The quantitative estimate of drug-likeness (QED) is 0.846. The maximum atomic E-state index is 12.8. The molecule has 0 bridgehead atoms. The summed E-state index contributed by atoms with van der Waals surface area (Å²) in [6.45, 7) is 4.53. The summed E-state index contributed by atoms with van der Waals surface area (Å²) in [5.41, 5.74) is 0. The van der Waals surface area contributed by atoms with E-state index in [0.717, 1.165) is 51.7 Å². The Morgan fingerprint density at radius 1 is 1.05 bits per heavy atom. The molecular weight excluding hydrogens is 252 g/mol. The fourth-order valence-electron chi connectivity index (χ4n) is 3.51. The summed E-state index contributed by atoms with van der Waals surface area (Å²) < 4.78 is 0.